The summed E-state index contributed by atoms with van der Waals surface area (Å²) in [6.45, 7) is 7.03. The zero-order valence-electron chi connectivity index (χ0n) is 11.8. The van der Waals surface area contributed by atoms with E-state index in [1.807, 2.05) is 0 Å². The van der Waals surface area contributed by atoms with Crippen LogP contribution in [0.1, 0.15) is 36.7 Å². The Morgan fingerprint density at radius 1 is 1.26 bits per heavy atom. The van der Waals surface area contributed by atoms with Crippen LogP contribution in [-0.2, 0) is 4.79 Å². The van der Waals surface area contributed by atoms with Crippen LogP contribution in [0.2, 0.25) is 0 Å². The zero-order valence-corrected chi connectivity index (χ0v) is 11.8. The van der Waals surface area contributed by atoms with Crippen LogP contribution in [0.15, 0.2) is 12.1 Å². The van der Waals surface area contributed by atoms with Crippen LogP contribution in [0.4, 0.5) is 5.69 Å². The third-order valence-corrected chi connectivity index (χ3v) is 2.62. The molecular weight excluding hydrogens is 246 g/mol. The molecule has 5 nitrogen and oxygen atoms in total. The van der Waals surface area contributed by atoms with E-state index in [-0.39, 0.29) is 17.2 Å². The number of benzene rings is 1. The normalized spacial score (nSPS) is 11.0. The van der Waals surface area contributed by atoms with Crippen molar-refractivity contribution in [3.05, 3.63) is 23.3 Å². The molecule has 0 spiro atoms. The fourth-order valence-corrected chi connectivity index (χ4v) is 1.51. The van der Waals surface area contributed by atoms with Gasteiger partial charge in [-0.1, -0.05) is 20.8 Å². The molecule has 104 valence electrons. The number of hydrogen-bond donors (Lipinski definition) is 2. The molecule has 5 heteroatoms. The number of aromatic carboxylic acids is 1. The number of carbonyl (C=O) groups excluding carboxylic acids is 1. The van der Waals surface area contributed by atoms with Crippen molar-refractivity contribution in [1.82, 2.24) is 0 Å². The number of methoxy groups -OCH3 is 1. The van der Waals surface area contributed by atoms with Gasteiger partial charge in [-0.2, -0.15) is 0 Å². The van der Waals surface area contributed by atoms with Crippen LogP contribution in [0.3, 0.4) is 0 Å². The van der Waals surface area contributed by atoms with Gasteiger partial charge in [0.25, 0.3) is 0 Å². The van der Waals surface area contributed by atoms with Crippen molar-refractivity contribution in [2.45, 2.75) is 27.7 Å². The van der Waals surface area contributed by atoms with Crippen molar-refractivity contribution >= 4 is 17.6 Å². The lowest BCUT2D eigenvalue weighted by Gasteiger charge is -2.20. The number of carboxylic acid groups (broad SMARTS) is 1. The Kier molecular flexibility index (Phi) is 4.19. The summed E-state index contributed by atoms with van der Waals surface area (Å²) in [5.41, 5.74) is 0.351. The molecule has 0 radical (unpaired) electrons. The lowest BCUT2D eigenvalue weighted by atomic mass is 9.95. The Balaban J connectivity index is 3.32. The summed E-state index contributed by atoms with van der Waals surface area (Å²) in [5, 5.41) is 11.9. The van der Waals surface area contributed by atoms with Gasteiger partial charge in [0.15, 0.2) is 0 Å². The standard InChI is InChI=1S/C14H19NO4/c1-8-6-9(12(16)17)11(10(7-8)19-5)15-13(18)14(2,3)4/h6-7H,1-5H3,(H,15,18)(H,16,17). The maximum atomic E-state index is 12.0. The second-order valence-corrected chi connectivity index (χ2v) is 5.40. The van der Waals surface area contributed by atoms with Gasteiger partial charge in [-0.05, 0) is 24.6 Å². The first kappa shape index (κ1) is 15.0. The van der Waals surface area contributed by atoms with E-state index >= 15 is 0 Å². The van der Waals surface area contributed by atoms with Gasteiger partial charge in [0.2, 0.25) is 5.91 Å². The van der Waals surface area contributed by atoms with Gasteiger partial charge in [-0.3, -0.25) is 4.79 Å². The van der Waals surface area contributed by atoms with Crippen LogP contribution in [0.25, 0.3) is 0 Å². The number of nitrogens with one attached hydrogen (secondary N) is 1. The van der Waals surface area contributed by atoms with Crippen LogP contribution in [0.5, 0.6) is 5.75 Å². The van der Waals surface area contributed by atoms with E-state index in [1.165, 1.54) is 13.2 Å². The highest BCUT2D eigenvalue weighted by Crippen LogP contribution is 2.31. The minimum Gasteiger partial charge on any atom is -0.495 e. The smallest absolute Gasteiger partial charge is 0.337 e. The molecular formula is C14H19NO4. The van der Waals surface area contributed by atoms with Crippen molar-refractivity contribution in [2.75, 3.05) is 12.4 Å². The zero-order chi connectivity index (χ0) is 14.8. The number of carboxylic acids is 1. The Morgan fingerprint density at radius 3 is 2.26 bits per heavy atom. The highest BCUT2D eigenvalue weighted by molar-refractivity contribution is 6.04. The number of anilines is 1. The van der Waals surface area contributed by atoms with E-state index < -0.39 is 11.4 Å². The van der Waals surface area contributed by atoms with E-state index in [1.54, 1.807) is 33.8 Å². The van der Waals surface area contributed by atoms with E-state index in [9.17, 15) is 14.7 Å². The van der Waals surface area contributed by atoms with Crippen molar-refractivity contribution in [3.63, 3.8) is 0 Å². The lowest BCUT2D eigenvalue weighted by molar-refractivity contribution is -0.123. The SMILES string of the molecule is COc1cc(C)cc(C(=O)O)c1NC(=O)C(C)(C)C. The lowest BCUT2D eigenvalue weighted by Crippen LogP contribution is -2.28. The summed E-state index contributed by atoms with van der Waals surface area (Å²) >= 11 is 0. The van der Waals surface area contributed by atoms with Crippen molar-refractivity contribution < 1.29 is 19.4 Å². The predicted molar refractivity (Wildman–Crippen MR) is 72.8 cm³/mol. The van der Waals surface area contributed by atoms with Crippen LogP contribution < -0.4 is 10.1 Å². The molecule has 0 aliphatic rings. The average molecular weight is 265 g/mol. The van der Waals surface area contributed by atoms with Gasteiger partial charge >= 0.3 is 5.97 Å². The van der Waals surface area contributed by atoms with Crippen molar-refractivity contribution in [2.24, 2.45) is 5.41 Å². The predicted octanol–water partition coefficient (Wildman–Crippen LogP) is 2.69. The molecule has 0 atom stereocenters. The molecule has 0 saturated carbocycles. The van der Waals surface area contributed by atoms with E-state index in [0.717, 1.165) is 5.56 Å². The summed E-state index contributed by atoms with van der Waals surface area (Å²) in [4.78, 5) is 23.3. The quantitative estimate of drug-likeness (QED) is 0.881. The summed E-state index contributed by atoms with van der Waals surface area (Å²) in [7, 11) is 1.44. The largest absolute Gasteiger partial charge is 0.495 e. The van der Waals surface area contributed by atoms with Crippen LogP contribution in [0, 0.1) is 12.3 Å². The molecule has 0 aromatic heterocycles. The molecule has 1 aromatic carbocycles. The molecule has 1 amide bonds. The Hall–Kier alpha value is -2.04. The van der Waals surface area contributed by atoms with E-state index in [4.69, 9.17) is 4.74 Å². The average Bonchev–Trinajstić information content (AvgIpc) is 2.28. The minimum absolute atomic E-state index is 0.0226. The fourth-order valence-electron chi connectivity index (χ4n) is 1.51. The van der Waals surface area contributed by atoms with Crippen molar-refractivity contribution in [1.29, 1.82) is 0 Å². The Morgan fingerprint density at radius 2 is 1.84 bits per heavy atom. The minimum atomic E-state index is -1.11. The highest BCUT2D eigenvalue weighted by atomic mass is 16.5. The summed E-state index contributed by atoms with van der Waals surface area (Å²) in [6, 6.07) is 3.19. The summed E-state index contributed by atoms with van der Waals surface area (Å²) in [5.74, 6) is -1.03. The van der Waals surface area contributed by atoms with Crippen LogP contribution >= 0.6 is 0 Å². The van der Waals surface area contributed by atoms with Gasteiger partial charge in [0, 0.05) is 5.41 Å². The monoisotopic (exact) mass is 265 g/mol. The first-order valence-corrected chi connectivity index (χ1v) is 5.90. The second kappa shape index (κ2) is 5.30. The van der Waals surface area contributed by atoms with Gasteiger partial charge in [0.05, 0.1) is 18.4 Å². The first-order valence-electron chi connectivity index (χ1n) is 5.90. The summed E-state index contributed by atoms with van der Waals surface area (Å²) < 4.78 is 5.15. The van der Waals surface area contributed by atoms with E-state index in [0.29, 0.717) is 5.75 Å². The molecule has 1 aromatic rings. The molecule has 19 heavy (non-hydrogen) atoms. The molecule has 0 fully saturated rings. The summed E-state index contributed by atoms with van der Waals surface area (Å²) in [6.07, 6.45) is 0. The van der Waals surface area contributed by atoms with Gasteiger partial charge < -0.3 is 15.2 Å². The third-order valence-electron chi connectivity index (χ3n) is 2.62. The van der Waals surface area contributed by atoms with Gasteiger partial charge in [-0.25, -0.2) is 4.79 Å². The number of amides is 1. The second-order valence-electron chi connectivity index (χ2n) is 5.40. The third kappa shape index (κ3) is 3.47. The molecule has 0 aliphatic carbocycles. The maximum Gasteiger partial charge on any atom is 0.337 e. The first-order chi connectivity index (χ1) is 8.66. The van der Waals surface area contributed by atoms with E-state index in [2.05, 4.69) is 5.32 Å². The molecule has 0 bridgehead atoms. The molecule has 0 aliphatic heterocycles. The molecule has 0 unspecified atom stereocenters. The number of carbonyl (C=O) groups is 2. The number of rotatable bonds is 3. The topological polar surface area (TPSA) is 75.6 Å². The molecule has 0 saturated heterocycles. The van der Waals surface area contributed by atoms with Crippen molar-refractivity contribution in [3.8, 4) is 5.75 Å². The van der Waals surface area contributed by atoms with Crippen LogP contribution in [-0.4, -0.2) is 24.1 Å². The van der Waals surface area contributed by atoms with Gasteiger partial charge in [0.1, 0.15) is 5.75 Å². The number of ether oxygens (including phenoxy) is 1. The Labute approximate surface area is 112 Å². The molecule has 1 rings (SSSR count). The highest BCUT2D eigenvalue weighted by Gasteiger charge is 2.25. The van der Waals surface area contributed by atoms with Gasteiger partial charge in [-0.15, -0.1) is 0 Å². The maximum absolute atomic E-state index is 12.0. The molecule has 0 heterocycles. The number of hydrogen-bond acceptors (Lipinski definition) is 3. The fraction of sp³-hybridized carbons (Fsp3) is 0.429. The number of aryl methyl sites for hydroxylation is 1. The Bertz CT molecular complexity index is 515. The molecule has 2 N–H and O–H groups in total.